The molecule has 0 bridgehead atoms. The third-order valence-corrected chi connectivity index (χ3v) is 2.40. The number of hydrogen-bond acceptors (Lipinski definition) is 3. The summed E-state index contributed by atoms with van der Waals surface area (Å²) >= 11 is 8.43. The summed E-state index contributed by atoms with van der Waals surface area (Å²) in [4.78, 5) is 0. The maximum Gasteiger partial charge on any atom is 0.126 e. The smallest absolute Gasteiger partial charge is 0.126 e. The van der Waals surface area contributed by atoms with Gasteiger partial charge in [-0.15, -0.1) is 0 Å². The van der Waals surface area contributed by atoms with E-state index in [1.165, 1.54) is 0 Å². The Morgan fingerprint density at radius 1 is 1.17 bits per heavy atom. The molecule has 1 nitrogen and oxygen atoms in total. The molecular formula is C9H12OS2. The van der Waals surface area contributed by atoms with Gasteiger partial charge in [-0.3, -0.25) is 0 Å². The molecule has 1 aromatic carbocycles. The van der Waals surface area contributed by atoms with E-state index in [1.807, 2.05) is 18.2 Å². The normalized spacial score (nSPS) is 9.92. The molecule has 66 valence electrons. The van der Waals surface area contributed by atoms with Crippen molar-refractivity contribution in [2.24, 2.45) is 0 Å². The summed E-state index contributed by atoms with van der Waals surface area (Å²) < 4.78 is 5.26. The first-order valence-electron chi connectivity index (χ1n) is 3.70. The van der Waals surface area contributed by atoms with Crippen LogP contribution in [0.3, 0.4) is 0 Å². The van der Waals surface area contributed by atoms with Crippen LogP contribution in [-0.2, 0) is 11.5 Å². The summed E-state index contributed by atoms with van der Waals surface area (Å²) in [5.74, 6) is 2.32. The van der Waals surface area contributed by atoms with Gasteiger partial charge in [0, 0.05) is 22.6 Å². The standard InChI is InChI=1S/C9H12OS2/c1-10-9-7(5-11)3-2-4-8(9)6-12/h2-4,11-12H,5-6H2,1H3. The van der Waals surface area contributed by atoms with Crippen LogP contribution in [-0.4, -0.2) is 7.11 Å². The summed E-state index contributed by atoms with van der Waals surface area (Å²) in [7, 11) is 1.68. The number of ether oxygens (including phenoxy) is 1. The summed E-state index contributed by atoms with van der Waals surface area (Å²) in [6.45, 7) is 0. The van der Waals surface area contributed by atoms with Gasteiger partial charge >= 0.3 is 0 Å². The van der Waals surface area contributed by atoms with Crippen molar-refractivity contribution < 1.29 is 4.74 Å². The van der Waals surface area contributed by atoms with Gasteiger partial charge in [-0.25, -0.2) is 0 Å². The molecule has 0 aromatic heterocycles. The van der Waals surface area contributed by atoms with Crippen molar-refractivity contribution in [3.05, 3.63) is 29.3 Å². The van der Waals surface area contributed by atoms with Gasteiger partial charge in [-0.05, 0) is 0 Å². The van der Waals surface area contributed by atoms with E-state index < -0.39 is 0 Å². The van der Waals surface area contributed by atoms with Crippen LogP contribution in [0.25, 0.3) is 0 Å². The number of thiol groups is 2. The van der Waals surface area contributed by atoms with Crippen molar-refractivity contribution in [1.29, 1.82) is 0 Å². The van der Waals surface area contributed by atoms with E-state index in [1.54, 1.807) is 7.11 Å². The van der Waals surface area contributed by atoms with Crippen molar-refractivity contribution in [2.75, 3.05) is 7.11 Å². The predicted molar refractivity (Wildman–Crippen MR) is 58.4 cm³/mol. The molecule has 0 amide bonds. The van der Waals surface area contributed by atoms with Crippen molar-refractivity contribution >= 4 is 25.3 Å². The molecule has 0 heterocycles. The number of hydrogen-bond donors (Lipinski definition) is 2. The molecule has 12 heavy (non-hydrogen) atoms. The number of rotatable bonds is 3. The first kappa shape index (κ1) is 9.81. The van der Waals surface area contributed by atoms with Crippen LogP contribution in [0.2, 0.25) is 0 Å². The van der Waals surface area contributed by atoms with Crippen molar-refractivity contribution in [1.82, 2.24) is 0 Å². The largest absolute Gasteiger partial charge is 0.496 e. The topological polar surface area (TPSA) is 9.23 Å². The molecule has 0 aliphatic heterocycles. The number of para-hydroxylation sites is 1. The Kier molecular flexibility index (Phi) is 3.82. The molecule has 0 radical (unpaired) electrons. The number of methoxy groups -OCH3 is 1. The minimum absolute atomic E-state index is 0.699. The van der Waals surface area contributed by atoms with Crippen molar-refractivity contribution in [2.45, 2.75) is 11.5 Å². The highest BCUT2D eigenvalue weighted by Crippen LogP contribution is 2.25. The second-order valence-electron chi connectivity index (χ2n) is 2.43. The Morgan fingerprint density at radius 3 is 2.00 bits per heavy atom. The van der Waals surface area contributed by atoms with E-state index >= 15 is 0 Å². The van der Waals surface area contributed by atoms with Crippen LogP contribution in [0.5, 0.6) is 5.75 Å². The number of benzene rings is 1. The van der Waals surface area contributed by atoms with E-state index in [0.29, 0.717) is 11.5 Å². The van der Waals surface area contributed by atoms with Gasteiger partial charge in [-0.2, -0.15) is 25.3 Å². The van der Waals surface area contributed by atoms with E-state index in [4.69, 9.17) is 4.74 Å². The van der Waals surface area contributed by atoms with Gasteiger partial charge < -0.3 is 4.74 Å². The maximum absolute atomic E-state index is 5.26. The van der Waals surface area contributed by atoms with Gasteiger partial charge in [0.2, 0.25) is 0 Å². The lowest BCUT2D eigenvalue weighted by Gasteiger charge is -2.09. The van der Waals surface area contributed by atoms with Crippen LogP contribution in [0.4, 0.5) is 0 Å². The van der Waals surface area contributed by atoms with Crippen LogP contribution in [0.15, 0.2) is 18.2 Å². The SMILES string of the molecule is COc1c(CS)cccc1CS. The van der Waals surface area contributed by atoms with Gasteiger partial charge in [0.05, 0.1) is 7.11 Å². The molecule has 3 heteroatoms. The third kappa shape index (κ3) is 1.90. The van der Waals surface area contributed by atoms with Gasteiger partial charge in [0.1, 0.15) is 5.75 Å². The maximum atomic E-state index is 5.26. The molecule has 0 aliphatic rings. The Morgan fingerprint density at radius 2 is 1.67 bits per heavy atom. The zero-order chi connectivity index (χ0) is 8.97. The average molecular weight is 200 g/mol. The molecule has 0 atom stereocenters. The van der Waals surface area contributed by atoms with Crippen LogP contribution >= 0.6 is 25.3 Å². The molecule has 0 unspecified atom stereocenters. The second-order valence-corrected chi connectivity index (χ2v) is 3.06. The van der Waals surface area contributed by atoms with Crippen LogP contribution in [0, 0.1) is 0 Å². The van der Waals surface area contributed by atoms with Crippen LogP contribution < -0.4 is 4.74 Å². The average Bonchev–Trinajstić information content (AvgIpc) is 2.16. The molecule has 0 fully saturated rings. The zero-order valence-corrected chi connectivity index (χ0v) is 8.74. The predicted octanol–water partition coefficient (Wildman–Crippen LogP) is 2.55. The first-order valence-corrected chi connectivity index (χ1v) is 4.96. The molecule has 1 aromatic rings. The Hall–Kier alpha value is -0.280. The molecule has 0 aliphatic carbocycles. The highest BCUT2D eigenvalue weighted by molar-refractivity contribution is 7.79. The first-order chi connectivity index (χ1) is 5.83. The Bertz CT molecular complexity index is 238. The Balaban J connectivity index is 3.13. The fourth-order valence-electron chi connectivity index (χ4n) is 1.15. The minimum atomic E-state index is 0.699. The van der Waals surface area contributed by atoms with Crippen molar-refractivity contribution in [3.8, 4) is 5.75 Å². The minimum Gasteiger partial charge on any atom is -0.496 e. The van der Waals surface area contributed by atoms with Gasteiger partial charge in [0.15, 0.2) is 0 Å². The van der Waals surface area contributed by atoms with E-state index in [9.17, 15) is 0 Å². The lowest BCUT2D eigenvalue weighted by Crippen LogP contribution is -1.93. The summed E-state index contributed by atoms with van der Waals surface area (Å²) in [5, 5.41) is 0. The quantitative estimate of drug-likeness (QED) is 0.713. The Labute approximate surface area is 83.9 Å². The van der Waals surface area contributed by atoms with E-state index in [0.717, 1.165) is 16.9 Å². The zero-order valence-electron chi connectivity index (χ0n) is 6.95. The molecule has 0 N–H and O–H groups in total. The third-order valence-electron chi connectivity index (χ3n) is 1.72. The molecule has 0 saturated heterocycles. The fourth-order valence-corrected chi connectivity index (χ4v) is 1.65. The van der Waals surface area contributed by atoms with Gasteiger partial charge in [-0.1, -0.05) is 18.2 Å². The molecule has 0 saturated carbocycles. The summed E-state index contributed by atoms with van der Waals surface area (Å²) in [6.07, 6.45) is 0. The highest BCUT2D eigenvalue weighted by Gasteiger charge is 2.05. The van der Waals surface area contributed by atoms with Crippen LogP contribution in [0.1, 0.15) is 11.1 Å². The summed E-state index contributed by atoms with van der Waals surface area (Å²) in [5.41, 5.74) is 2.24. The second kappa shape index (κ2) is 4.67. The van der Waals surface area contributed by atoms with Gasteiger partial charge in [0.25, 0.3) is 0 Å². The molecule has 0 spiro atoms. The van der Waals surface area contributed by atoms with Crippen molar-refractivity contribution in [3.63, 3.8) is 0 Å². The fraction of sp³-hybridized carbons (Fsp3) is 0.333. The molecular weight excluding hydrogens is 188 g/mol. The molecule has 1 rings (SSSR count). The van der Waals surface area contributed by atoms with E-state index in [2.05, 4.69) is 25.3 Å². The summed E-state index contributed by atoms with van der Waals surface area (Å²) in [6, 6.07) is 6.02. The lowest BCUT2D eigenvalue weighted by atomic mass is 10.1. The van der Waals surface area contributed by atoms with E-state index in [-0.39, 0.29) is 0 Å². The highest BCUT2D eigenvalue weighted by atomic mass is 32.1. The monoisotopic (exact) mass is 200 g/mol. The lowest BCUT2D eigenvalue weighted by molar-refractivity contribution is 0.408.